The fraction of sp³-hybridized carbons (Fsp3) is 0.923. The third-order valence-corrected chi connectivity index (χ3v) is 3.80. The van der Waals surface area contributed by atoms with Gasteiger partial charge < -0.3 is 15.4 Å². The fourth-order valence-electron chi connectivity index (χ4n) is 2.95. The maximum Gasteiger partial charge on any atom is 0.410 e. The van der Waals surface area contributed by atoms with Gasteiger partial charge >= 0.3 is 6.09 Å². The molecule has 2 bridgehead atoms. The molecule has 0 aromatic heterocycles. The summed E-state index contributed by atoms with van der Waals surface area (Å²) in [5.41, 5.74) is 5.78. The van der Waals surface area contributed by atoms with Gasteiger partial charge in [0.1, 0.15) is 5.60 Å². The van der Waals surface area contributed by atoms with Crippen molar-refractivity contribution in [1.82, 2.24) is 4.90 Å². The number of nitrogens with two attached hydrogens (primary N) is 1. The molecule has 1 aliphatic carbocycles. The molecule has 0 spiro atoms. The second-order valence-corrected chi connectivity index (χ2v) is 6.41. The minimum Gasteiger partial charge on any atom is -0.444 e. The van der Waals surface area contributed by atoms with Crippen molar-refractivity contribution in [2.75, 3.05) is 13.1 Å². The summed E-state index contributed by atoms with van der Waals surface area (Å²) in [4.78, 5) is 13.9. The van der Waals surface area contributed by atoms with Crippen LogP contribution in [0, 0.1) is 11.8 Å². The van der Waals surface area contributed by atoms with Gasteiger partial charge in [0.05, 0.1) is 0 Å². The van der Waals surface area contributed by atoms with E-state index in [1.165, 1.54) is 6.42 Å². The number of amides is 1. The Hall–Kier alpha value is -0.770. The van der Waals surface area contributed by atoms with Gasteiger partial charge in [0.15, 0.2) is 0 Å². The van der Waals surface area contributed by atoms with E-state index < -0.39 is 5.60 Å². The lowest BCUT2D eigenvalue weighted by atomic mass is 9.74. The zero-order valence-corrected chi connectivity index (χ0v) is 11.1. The van der Waals surface area contributed by atoms with E-state index in [-0.39, 0.29) is 12.1 Å². The highest BCUT2D eigenvalue weighted by atomic mass is 16.6. The molecular weight excluding hydrogens is 216 g/mol. The second-order valence-electron chi connectivity index (χ2n) is 6.41. The van der Waals surface area contributed by atoms with E-state index in [4.69, 9.17) is 10.5 Å². The Kier molecular flexibility index (Phi) is 3.34. The molecule has 17 heavy (non-hydrogen) atoms. The van der Waals surface area contributed by atoms with Gasteiger partial charge in [0.2, 0.25) is 0 Å². The van der Waals surface area contributed by atoms with Crippen molar-refractivity contribution in [1.29, 1.82) is 0 Å². The van der Waals surface area contributed by atoms with E-state index in [9.17, 15) is 4.79 Å². The van der Waals surface area contributed by atoms with E-state index in [2.05, 4.69) is 0 Å². The lowest BCUT2D eigenvalue weighted by Crippen LogP contribution is -2.57. The SMILES string of the molecule is CC(C)(C)OC(=O)N1C[C@H]2CCC[C@@H](C1)C2N. The molecule has 98 valence electrons. The number of likely N-dealkylation sites (tertiary alicyclic amines) is 1. The summed E-state index contributed by atoms with van der Waals surface area (Å²) < 4.78 is 5.42. The molecule has 2 N–H and O–H groups in total. The molecule has 0 aromatic carbocycles. The van der Waals surface area contributed by atoms with Crippen LogP contribution in [-0.2, 0) is 4.74 Å². The Balaban J connectivity index is 1.97. The molecule has 1 saturated heterocycles. The number of hydrogen-bond donors (Lipinski definition) is 1. The molecule has 2 rings (SSSR count). The third-order valence-electron chi connectivity index (χ3n) is 3.80. The van der Waals surface area contributed by atoms with Crippen molar-refractivity contribution < 1.29 is 9.53 Å². The Bertz CT molecular complexity index is 284. The molecule has 0 aromatic rings. The Labute approximate surface area is 103 Å². The fourth-order valence-corrected chi connectivity index (χ4v) is 2.95. The molecule has 4 nitrogen and oxygen atoms in total. The monoisotopic (exact) mass is 240 g/mol. The largest absolute Gasteiger partial charge is 0.444 e. The van der Waals surface area contributed by atoms with Crippen LogP contribution in [0.3, 0.4) is 0 Å². The van der Waals surface area contributed by atoms with E-state index in [1.54, 1.807) is 0 Å². The van der Waals surface area contributed by atoms with Crippen LogP contribution in [0.4, 0.5) is 4.79 Å². The summed E-state index contributed by atoms with van der Waals surface area (Å²) in [6.07, 6.45) is 3.38. The highest BCUT2D eigenvalue weighted by molar-refractivity contribution is 5.68. The van der Waals surface area contributed by atoms with Gasteiger partial charge in [-0.15, -0.1) is 0 Å². The Morgan fingerprint density at radius 1 is 1.24 bits per heavy atom. The first-order chi connectivity index (χ1) is 7.87. The van der Waals surface area contributed by atoms with Gasteiger partial charge in [-0.25, -0.2) is 4.79 Å². The lowest BCUT2D eigenvalue weighted by Gasteiger charge is -2.45. The standard InChI is InChI=1S/C13H24N2O2/c1-13(2,3)17-12(16)15-7-9-5-4-6-10(8-15)11(9)14/h9-11H,4-8,14H2,1-3H3/t9-,10+,11?. The summed E-state index contributed by atoms with van der Waals surface area (Å²) in [6, 6.07) is 0.280. The van der Waals surface area contributed by atoms with Gasteiger partial charge in [-0.2, -0.15) is 0 Å². The van der Waals surface area contributed by atoms with Crippen LogP contribution in [0.2, 0.25) is 0 Å². The van der Waals surface area contributed by atoms with Crippen LogP contribution >= 0.6 is 0 Å². The number of nitrogens with zero attached hydrogens (tertiary/aromatic N) is 1. The van der Waals surface area contributed by atoms with Crippen molar-refractivity contribution in [2.45, 2.75) is 51.7 Å². The molecule has 2 aliphatic rings. The summed E-state index contributed by atoms with van der Waals surface area (Å²) in [5, 5.41) is 0. The topological polar surface area (TPSA) is 55.6 Å². The van der Waals surface area contributed by atoms with E-state index in [0.717, 1.165) is 25.9 Å². The molecule has 1 unspecified atom stereocenters. The first kappa shape index (κ1) is 12.7. The highest BCUT2D eigenvalue weighted by Crippen LogP contribution is 2.34. The summed E-state index contributed by atoms with van der Waals surface area (Å²) in [5.74, 6) is 0.935. The molecule has 1 amide bonds. The quantitative estimate of drug-likeness (QED) is 0.704. The molecule has 2 fully saturated rings. The average molecular weight is 240 g/mol. The normalized spacial score (nSPS) is 33.4. The Morgan fingerprint density at radius 2 is 1.76 bits per heavy atom. The molecule has 1 heterocycles. The summed E-state index contributed by atoms with van der Waals surface area (Å²) in [7, 11) is 0. The zero-order chi connectivity index (χ0) is 12.6. The van der Waals surface area contributed by atoms with Crippen molar-refractivity contribution >= 4 is 6.09 Å². The lowest BCUT2D eigenvalue weighted by molar-refractivity contribution is -0.00157. The van der Waals surface area contributed by atoms with E-state index in [1.807, 2.05) is 25.7 Å². The van der Waals surface area contributed by atoms with Gasteiger partial charge in [-0.1, -0.05) is 6.42 Å². The van der Waals surface area contributed by atoms with E-state index in [0.29, 0.717) is 11.8 Å². The number of carbonyl (C=O) groups is 1. The number of rotatable bonds is 0. The van der Waals surface area contributed by atoms with Gasteiger partial charge in [0.25, 0.3) is 0 Å². The minimum atomic E-state index is -0.411. The highest BCUT2D eigenvalue weighted by Gasteiger charge is 2.39. The second kappa shape index (κ2) is 4.48. The average Bonchev–Trinajstić information content (AvgIpc) is 2.13. The third kappa shape index (κ3) is 2.92. The first-order valence-electron chi connectivity index (χ1n) is 6.60. The number of hydrogen-bond acceptors (Lipinski definition) is 3. The van der Waals surface area contributed by atoms with Crippen molar-refractivity contribution in [3.05, 3.63) is 0 Å². The van der Waals surface area contributed by atoms with Gasteiger partial charge in [-0.3, -0.25) is 0 Å². The van der Waals surface area contributed by atoms with Crippen molar-refractivity contribution in [3.8, 4) is 0 Å². The van der Waals surface area contributed by atoms with Crippen LogP contribution in [0.25, 0.3) is 0 Å². The molecule has 4 heteroatoms. The number of ether oxygens (including phenoxy) is 1. The maximum atomic E-state index is 12.0. The van der Waals surface area contributed by atoms with Crippen LogP contribution < -0.4 is 5.73 Å². The zero-order valence-electron chi connectivity index (χ0n) is 11.1. The molecule has 0 radical (unpaired) electrons. The molecule has 3 atom stereocenters. The first-order valence-corrected chi connectivity index (χ1v) is 6.60. The van der Waals surface area contributed by atoms with Crippen LogP contribution in [-0.4, -0.2) is 35.7 Å². The predicted molar refractivity (Wildman–Crippen MR) is 66.6 cm³/mol. The molecular formula is C13H24N2O2. The summed E-state index contributed by atoms with van der Waals surface area (Å²) >= 11 is 0. The van der Waals surface area contributed by atoms with Crippen LogP contribution in [0.5, 0.6) is 0 Å². The van der Waals surface area contributed by atoms with Gasteiger partial charge in [-0.05, 0) is 45.4 Å². The number of piperidine rings is 1. The number of carbonyl (C=O) groups excluding carboxylic acids is 1. The molecule has 1 saturated carbocycles. The van der Waals surface area contributed by atoms with E-state index >= 15 is 0 Å². The number of fused-ring (bicyclic) bond motifs is 2. The summed E-state index contributed by atoms with van der Waals surface area (Å²) in [6.45, 7) is 7.25. The minimum absolute atomic E-state index is 0.179. The van der Waals surface area contributed by atoms with Crippen molar-refractivity contribution in [2.24, 2.45) is 17.6 Å². The molecule has 1 aliphatic heterocycles. The van der Waals surface area contributed by atoms with Gasteiger partial charge in [0, 0.05) is 19.1 Å². The van der Waals surface area contributed by atoms with Crippen LogP contribution in [0.1, 0.15) is 40.0 Å². The smallest absolute Gasteiger partial charge is 0.410 e. The van der Waals surface area contributed by atoms with Crippen molar-refractivity contribution in [3.63, 3.8) is 0 Å². The maximum absolute atomic E-state index is 12.0. The Morgan fingerprint density at radius 3 is 2.24 bits per heavy atom. The predicted octanol–water partition coefficient (Wildman–Crippen LogP) is 1.98. The van der Waals surface area contributed by atoms with Crippen LogP contribution in [0.15, 0.2) is 0 Å².